The van der Waals surface area contributed by atoms with Crippen LogP contribution in [0.15, 0.2) is 41.0 Å². The highest BCUT2D eigenvalue weighted by Gasteiger charge is 2.33. The van der Waals surface area contributed by atoms with E-state index in [1.165, 1.54) is 18.3 Å². The summed E-state index contributed by atoms with van der Waals surface area (Å²) in [5.74, 6) is 0.380. The number of amides is 1. The number of nitrogens with zero attached hydrogens (tertiary/aromatic N) is 2. The van der Waals surface area contributed by atoms with Gasteiger partial charge in [0.25, 0.3) is 5.91 Å². The van der Waals surface area contributed by atoms with Gasteiger partial charge in [-0.2, -0.15) is 0 Å². The van der Waals surface area contributed by atoms with Gasteiger partial charge in [0, 0.05) is 23.9 Å². The second-order valence-electron chi connectivity index (χ2n) is 8.11. The summed E-state index contributed by atoms with van der Waals surface area (Å²) in [6, 6.07) is 7.52. The standard InChI is InChI=1S/C25H26N2O7/c1-14-21(15(2)26(4)22(14)25(30)31-5)23(28)16(3)27(12-18-7-6-10-32-18)24(29)17-8-9-19-20(11-17)34-13-33-19/h6-11,16H,12-13H2,1-5H3/t16-/m1/s1. The number of esters is 1. The normalized spacial score (nSPS) is 13.0. The number of ketones is 1. The van der Waals surface area contributed by atoms with Crippen molar-refractivity contribution in [2.24, 2.45) is 7.05 Å². The molecule has 1 aliphatic rings. The Kier molecular flexibility index (Phi) is 6.19. The summed E-state index contributed by atoms with van der Waals surface area (Å²) < 4.78 is 22.7. The van der Waals surface area contributed by atoms with Crippen LogP contribution in [0.4, 0.5) is 0 Å². The number of methoxy groups -OCH3 is 1. The molecule has 1 aliphatic heterocycles. The molecule has 3 aromatic rings. The summed E-state index contributed by atoms with van der Waals surface area (Å²) in [5, 5.41) is 0. The molecule has 1 atom stereocenters. The maximum absolute atomic E-state index is 13.7. The number of ether oxygens (including phenoxy) is 3. The average molecular weight is 466 g/mol. The van der Waals surface area contributed by atoms with Crippen molar-refractivity contribution >= 4 is 17.7 Å². The lowest BCUT2D eigenvalue weighted by Gasteiger charge is -2.28. The number of fused-ring (bicyclic) bond motifs is 1. The van der Waals surface area contributed by atoms with Gasteiger partial charge in [-0.1, -0.05) is 0 Å². The predicted molar refractivity (Wildman–Crippen MR) is 121 cm³/mol. The van der Waals surface area contributed by atoms with Crippen LogP contribution in [0, 0.1) is 13.8 Å². The Balaban J connectivity index is 1.71. The fourth-order valence-corrected chi connectivity index (χ4v) is 4.23. The second-order valence-corrected chi connectivity index (χ2v) is 8.11. The summed E-state index contributed by atoms with van der Waals surface area (Å²) in [6.07, 6.45) is 1.51. The zero-order chi connectivity index (χ0) is 24.6. The second kappa shape index (κ2) is 9.09. The average Bonchev–Trinajstić information content (AvgIpc) is 3.56. The predicted octanol–water partition coefficient (Wildman–Crippen LogP) is 3.66. The third-order valence-electron chi connectivity index (χ3n) is 6.19. The van der Waals surface area contributed by atoms with Gasteiger partial charge >= 0.3 is 5.97 Å². The first-order valence-electron chi connectivity index (χ1n) is 10.8. The largest absolute Gasteiger partial charge is 0.467 e. The molecular formula is C25H26N2O7. The minimum atomic E-state index is -0.853. The van der Waals surface area contributed by atoms with E-state index in [9.17, 15) is 14.4 Å². The topological polar surface area (TPSA) is 100 Å². The van der Waals surface area contributed by atoms with Gasteiger partial charge in [-0.15, -0.1) is 0 Å². The number of hydrogen-bond acceptors (Lipinski definition) is 7. The SMILES string of the molecule is COC(=O)c1c(C)c(C(=O)[C@@H](C)N(Cc2ccco2)C(=O)c2ccc3c(c2)OCO3)c(C)n1C. The first-order valence-corrected chi connectivity index (χ1v) is 10.8. The van der Waals surface area contributed by atoms with Crippen molar-refractivity contribution in [3.8, 4) is 11.5 Å². The molecule has 1 amide bonds. The van der Waals surface area contributed by atoms with Crippen molar-refractivity contribution in [3.05, 3.63) is 70.4 Å². The van der Waals surface area contributed by atoms with Gasteiger partial charge in [-0.05, 0) is 56.7 Å². The number of benzene rings is 1. The first kappa shape index (κ1) is 23.2. The lowest BCUT2D eigenvalue weighted by molar-refractivity contribution is 0.0586. The number of furan rings is 1. The molecule has 3 heterocycles. The van der Waals surface area contributed by atoms with Crippen molar-refractivity contribution in [3.63, 3.8) is 0 Å². The summed E-state index contributed by atoms with van der Waals surface area (Å²) >= 11 is 0. The monoisotopic (exact) mass is 466 g/mol. The Hall–Kier alpha value is -4.01. The van der Waals surface area contributed by atoms with E-state index >= 15 is 0 Å². The maximum Gasteiger partial charge on any atom is 0.354 e. The quantitative estimate of drug-likeness (QED) is 0.387. The van der Waals surface area contributed by atoms with Crippen LogP contribution in [0.2, 0.25) is 0 Å². The molecule has 1 aromatic carbocycles. The molecule has 34 heavy (non-hydrogen) atoms. The van der Waals surface area contributed by atoms with Gasteiger partial charge in [0.15, 0.2) is 17.3 Å². The number of hydrogen-bond donors (Lipinski definition) is 0. The lowest BCUT2D eigenvalue weighted by atomic mass is 9.99. The number of aromatic nitrogens is 1. The molecule has 9 nitrogen and oxygen atoms in total. The Morgan fingerprint density at radius 2 is 1.88 bits per heavy atom. The van der Waals surface area contributed by atoms with Crippen molar-refractivity contribution < 1.29 is 33.0 Å². The minimum absolute atomic E-state index is 0.0853. The first-order chi connectivity index (χ1) is 16.2. The van der Waals surface area contributed by atoms with Crippen molar-refractivity contribution in [1.29, 1.82) is 0 Å². The van der Waals surface area contributed by atoms with Gasteiger partial charge in [0.1, 0.15) is 11.5 Å². The van der Waals surface area contributed by atoms with E-state index in [0.717, 1.165) is 0 Å². The fourth-order valence-electron chi connectivity index (χ4n) is 4.23. The zero-order valence-corrected chi connectivity index (χ0v) is 19.7. The fraction of sp³-hybridized carbons (Fsp3) is 0.320. The van der Waals surface area contributed by atoms with Crippen LogP contribution in [0.3, 0.4) is 0 Å². The molecule has 0 aliphatic carbocycles. The summed E-state index contributed by atoms with van der Waals surface area (Å²) in [5.41, 5.74) is 2.17. The third kappa shape index (κ3) is 3.93. The van der Waals surface area contributed by atoms with E-state index in [1.54, 1.807) is 62.7 Å². The number of carbonyl (C=O) groups excluding carboxylic acids is 3. The highest BCUT2D eigenvalue weighted by atomic mass is 16.7. The Morgan fingerprint density at radius 1 is 1.15 bits per heavy atom. The molecule has 0 radical (unpaired) electrons. The van der Waals surface area contributed by atoms with Gasteiger partial charge in [0.2, 0.25) is 6.79 Å². The molecule has 0 fully saturated rings. The molecule has 0 unspecified atom stereocenters. The van der Waals surface area contributed by atoms with Gasteiger partial charge in [-0.25, -0.2) is 4.79 Å². The van der Waals surface area contributed by atoms with Crippen LogP contribution in [-0.4, -0.2) is 47.1 Å². The summed E-state index contributed by atoms with van der Waals surface area (Å²) in [7, 11) is 3.00. The molecule has 9 heteroatoms. The molecule has 0 saturated heterocycles. The maximum atomic E-state index is 13.7. The highest BCUT2D eigenvalue weighted by Crippen LogP contribution is 2.33. The van der Waals surface area contributed by atoms with E-state index in [2.05, 4.69) is 0 Å². The van der Waals surface area contributed by atoms with Crippen molar-refractivity contribution in [1.82, 2.24) is 9.47 Å². The van der Waals surface area contributed by atoms with E-state index in [4.69, 9.17) is 18.6 Å². The van der Waals surface area contributed by atoms with Gasteiger partial charge < -0.3 is 28.1 Å². The molecule has 4 rings (SSSR count). The third-order valence-corrected chi connectivity index (χ3v) is 6.19. The molecular weight excluding hydrogens is 440 g/mol. The summed E-state index contributed by atoms with van der Waals surface area (Å²) in [4.78, 5) is 41.1. The molecule has 0 spiro atoms. The zero-order valence-electron chi connectivity index (χ0n) is 19.7. The number of carbonyl (C=O) groups is 3. The van der Waals surface area contributed by atoms with Crippen molar-refractivity contribution in [2.75, 3.05) is 13.9 Å². The van der Waals surface area contributed by atoms with E-state index < -0.39 is 12.0 Å². The number of rotatable bonds is 7. The van der Waals surface area contributed by atoms with E-state index in [0.29, 0.717) is 45.3 Å². The van der Waals surface area contributed by atoms with Gasteiger partial charge in [0.05, 0.1) is 26.0 Å². The minimum Gasteiger partial charge on any atom is -0.467 e. The van der Waals surface area contributed by atoms with Crippen molar-refractivity contribution in [2.45, 2.75) is 33.4 Å². The van der Waals surface area contributed by atoms with Crippen LogP contribution in [0.25, 0.3) is 0 Å². The van der Waals surface area contributed by atoms with Crippen LogP contribution >= 0.6 is 0 Å². The summed E-state index contributed by atoms with van der Waals surface area (Å²) in [6.45, 7) is 5.31. The smallest absolute Gasteiger partial charge is 0.354 e. The number of Topliss-reactive ketones (excluding diaryl/α,β-unsaturated/α-hetero) is 1. The van der Waals surface area contributed by atoms with E-state index in [1.807, 2.05) is 0 Å². The molecule has 0 N–H and O–H groups in total. The lowest BCUT2D eigenvalue weighted by Crippen LogP contribution is -2.43. The Morgan fingerprint density at radius 3 is 2.56 bits per heavy atom. The molecule has 2 aromatic heterocycles. The van der Waals surface area contributed by atoms with Crippen LogP contribution < -0.4 is 9.47 Å². The molecule has 0 bridgehead atoms. The highest BCUT2D eigenvalue weighted by molar-refractivity contribution is 6.07. The van der Waals surface area contributed by atoms with Crippen LogP contribution in [-0.2, 0) is 18.3 Å². The van der Waals surface area contributed by atoms with Gasteiger partial charge in [-0.3, -0.25) is 9.59 Å². The Labute approximate surface area is 196 Å². The Bertz CT molecular complexity index is 1260. The van der Waals surface area contributed by atoms with Crippen LogP contribution in [0.1, 0.15) is 55.1 Å². The van der Waals surface area contributed by atoms with Crippen LogP contribution in [0.5, 0.6) is 11.5 Å². The molecule has 0 saturated carbocycles. The molecule has 178 valence electrons. The van der Waals surface area contributed by atoms with E-state index in [-0.39, 0.29) is 25.0 Å².